The third kappa shape index (κ3) is 5.23. The van der Waals surface area contributed by atoms with E-state index in [0.29, 0.717) is 19.6 Å². The van der Waals surface area contributed by atoms with E-state index in [4.69, 9.17) is 0 Å². The maximum atomic E-state index is 12.4. The average Bonchev–Trinajstić information content (AvgIpc) is 2.61. The number of para-hydroxylation sites is 1. The lowest BCUT2D eigenvalue weighted by Gasteiger charge is -2.36. The highest BCUT2D eigenvalue weighted by Crippen LogP contribution is 2.15. The second-order valence-corrected chi connectivity index (χ2v) is 5.96. The maximum Gasteiger partial charge on any atom is 0.239 e. The molecule has 1 heterocycles. The zero-order valence-electron chi connectivity index (χ0n) is 14.7. The van der Waals surface area contributed by atoms with Gasteiger partial charge in [0, 0.05) is 45.0 Å². The second kappa shape index (κ2) is 9.27. The van der Waals surface area contributed by atoms with Gasteiger partial charge in [0.1, 0.15) is 0 Å². The summed E-state index contributed by atoms with van der Waals surface area (Å²) in [5, 5.41) is 2.74. The fourth-order valence-corrected chi connectivity index (χ4v) is 2.90. The molecule has 6 nitrogen and oxygen atoms in total. The van der Waals surface area contributed by atoms with Crippen LogP contribution in [0.15, 0.2) is 30.3 Å². The van der Waals surface area contributed by atoms with Gasteiger partial charge < -0.3 is 15.1 Å². The summed E-state index contributed by atoms with van der Waals surface area (Å²) in [4.78, 5) is 30.2. The van der Waals surface area contributed by atoms with Crippen LogP contribution in [0.5, 0.6) is 0 Å². The van der Waals surface area contributed by atoms with Crippen LogP contribution in [0.3, 0.4) is 0 Å². The topological polar surface area (TPSA) is 55.9 Å². The molecular weight excluding hydrogens is 304 g/mol. The number of rotatable bonds is 7. The fraction of sp³-hybridized carbons (Fsp3) is 0.556. The number of benzene rings is 1. The highest BCUT2D eigenvalue weighted by Gasteiger charge is 2.22. The highest BCUT2D eigenvalue weighted by molar-refractivity contribution is 5.85. The van der Waals surface area contributed by atoms with Gasteiger partial charge in [-0.1, -0.05) is 18.2 Å². The van der Waals surface area contributed by atoms with Gasteiger partial charge in [-0.15, -0.1) is 0 Å². The number of hydrogen-bond acceptors (Lipinski definition) is 4. The van der Waals surface area contributed by atoms with Crippen molar-refractivity contribution < 1.29 is 9.59 Å². The average molecular weight is 332 g/mol. The molecule has 0 bridgehead atoms. The molecule has 2 amide bonds. The van der Waals surface area contributed by atoms with Gasteiger partial charge in [-0.25, -0.2) is 0 Å². The predicted octanol–water partition coefficient (Wildman–Crippen LogP) is 0.793. The van der Waals surface area contributed by atoms with Crippen molar-refractivity contribution in [3.63, 3.8) is 0 Å². The zero-order chi connectivity index (χ0) is 17.4. The van der Waals surface area contributed by atoms with Crippen LogP contribution in [-0.4, -0.2) is 74.0 Å². The van der Waals surface area contributed by atoms with Crippen molar-refractivity contribution in [1.29, 1.82) is 0 Å². The van der Waals surface area contributed by atoms with Crippen LogP contribution in [0.1, 0.15) is 13.8 Å². The molecule has 1 aliphatic rings. The lowest BCUT2D eigenvalue weighted by Crippen LogP contribution is -2.51. The van der Waals surface area contributed by atoms with E-state index in [9.17, 15) is 9.59 Å². The molecule has 0 aliphatic carbocycles. The Balaban J connectivity index is 1.79. The molecule has 1 aliphatic heterocycles. The van der Waals surface area contributed by atoms with Gasteiger partial charge >= 0.3 is 0 Å². The summed E-state index contributed by atoms with van der Waals surface area (Å²) >= 11 is 0. The molecule has 0 aromatic heterocycles. The molecule has 0 unspecified atom stereocenters. The minimum atomic E-state index is -0.0957. The number of likely N-dealkylation sites (N-methyl/N-ethyl adjacent to an activating group) is 2. The second-order valence-electron chi connectivity index (χ2n) is 5.96. The van der Waals surface area contributed by atoms with Gasteiger partial charge in [0.25, 0.3) is 0 Å². The van der Waals surface area contributed by atoms with Crippen LogP contribution in [0.25, 0.3) is 0 Å². The normalized spacial score (nSPS) is 15.2. The van der Waals surface area contributed by atoms with Crippen LogP contribution in [0.4, 0.5) is 5.69 Å². The molecule has 1 fully saturated rings. The van der Waals surface area contributed by atoms with Crippen LogP contribution in [-0.2, 0) is 9.59 Å². The molecule has 1 aromatic rings. The number of carbonyl (C=O) groups excluding carboxylic acids is 2. The van der Waals surface area contributed by atoms with Crippen molar-refractivity contribution in [3.05, 3.63) is 30.3 Å². The van der Waals surface area contributed by atoms with Gasteiger partial charge in [-0.2, -0.15) is 0 Å². The van der Waals surface area contributed by atoms with E-state index < -0.39 is 0 Å². The molecule has 0 spiro atoms. The Kier molecular flexibility index (Phi) is 7.06. The molecule has 0 radical (unpaired) electrons. The van der Waals surface area contributed by atoms with Gasteiger partial charge in [0.05, 0.1) is 13.1 Å². The molecule has 6 heteroatoms. The summed E-state index contributed by atoms with van der Waals surface area (Å²) < 4.78 is 0. The van der Waals surface area contributed by atoms with E-state index in [1.807, 2.05) is 32.0 Å². The van der Waals surface area contributed by atoms with E-state index in [2.05, 4.69) is 27.2 Å². The van der Waals surface area contributed by atoms with Crippen molar-refractivity contribution in [3.8, 4) is 0 Å². The molecular formula is C18H28N4O2. The fourth-order valence-electron chi connectivity index (χ4n) is 2.90. The van der Waals surface area contributed by atoms with E-state index in [-0.39, 0.29) is 18.4 Å². The molecule has 2 rings (SSSR count). The van der Waals surface area contributed by atoms with Gasteiger partial charge in [-0.3, -0.25) is 14.5 Å². The third-order valence-corrected chi connectivity index (χ3v) is 4.30. The number of nitrogens with zero attached hydrogens (tertiary/aromatic N) is 3. The predicted molar refractivity (Wildman–Crippen MR) is 96.0 cm³/mol. The molecule has 24 heavy (non-hydrogen) atoms. The summed E-state index contributed by atoms with van der Waals surface area (Å²) in [6.45, 7) is 9.01. The smallest absolute Gasteiger partial charge is 0.239 e. The third-order valence-electron chi connectivity index (χ3n) is 4.30. The van der Waals surface area contributed by atoms with E-state index in [1.54, 1.807) is 4.90 Å². The van der Waals surface area contributed by atoms with Crippen LogP contribution in [0, 0.1) is 0 Å². The van der Waals surface area contributed by atoms with Gasteiger partial charge in [0.2, 0.25) is 11.8 Å². The minimum Gasteiger partial charge on any atom is -0.369 e. The SMILES string of the molecule is CCNC(=O)CN(CC)C(=O)CN1CCN(c2ccccc2)CC1. The summed E-state index contributed by atoms with van der Waals surface area (Å²) in [6.07, 6.45) is 0. The summed E-state index contributed by atoms with van der Waals surface area (Å²) in [5.41, 5.74) is 1.23. The Morgan fingerprint density at radius 3 is 2.33 bits per heavy atom. The number of hydrogen-bond donors (Lipinski definition) is 1. The first kappa shape index (κ1) is 18.3. The molecule has 1 saturated heterocycles. The number of anilines is 1. The summed E-state index contributed by atoms with van der Waals surface area (Å²) in [6, 6.07) is 10.3. The molecule has 1 aromatic carbocycles. The summed E-state index contributed by atoms with van der Waals surface area (Å²) in [7, 11) is 0. The Hall–Kier alpha value is -2.08. The van der Waals surface area contributed by atoms with Crippen LogP contribution < -0.4 is 10.2 Å². The van der Waals surface area contributed by atoms with Crippen LogP contribution >= 0.6 is 0 Å². The standard InChI is InChI=1S/C18H28N4O2/c1-3-19-17(23)14-21(4-2)18(24)15-20-10-12-22(13-11-20)16-8-6-5-7-9-16/h5-9H,3-4,10-15H2,1-2H3,(H,19,23). The maximum absolute atomic E-state index is 12.4. The van der Waals surface area contributed by atoms with E-state index in [1.165, 1.54) is 5.69 Å². The first-order valence-corrected chi connectivity index (χ1v) is 8.70. The van der Waals surface area contributed by atoms with Gasteiger partial charge in [0.15, 0.2) is 0 Å². The monoisotopic (exact) mass is 332 g/mol. The Bertz CT molecular complexity index is 527. The molecule has 0 atom stereocenters. The largest absolute Gasteiger partial charge is 0.369 e. The van der Waals surface area contributed by atoms with Crippen molar-refractivity contribution in [2.24, 2.45) is 0 Å². The molecule has 132 valence electrons. The van der Waals surface area contributed by atoms with Crippen molar-refractivity contribution in [2.45, 2.75) is 13.8 Å². The quantitative estimate of drug-likeness (QED) is 0.802. The van der Waals surface area contributed by atoms with Crippen molar-refractivity contribution in [1.82, 2.24) is 15.1 Å². The minimum absolute atomic E-state index is 0.0249. The summed E-state index contributed by atoms with van der Waals surface area (Å²) in [5.74, 6) is -0.0708. The highest BCUT2D eigenvalue weighted by atomic mass is 16.2. The lowest BCUT2D eigenvalue weighted by atomic mass is 10.2. The number of amides is 2. The van der Waals surface area contributed by atoms with Gasteiger partial charge in [-0.05, 0) is 26.0 Å². The van der Waals surface area contributed by atoms with Crippen molar-refractivity contribution >= 4 is 17.5 Å². The van der Waals surface area contributed by atoms with E-state index in [0.717, 1.165) is 26.2 Å². The first-order chi connectivity index (χ1) is 11.6. The lowest BCUT2D eigenvalue weighted by molar-refractivity contribution is -0.136. The van der Waals surface area contributed by atoms with Crippen molar-refractivity contribution in [2.75, 3.05) is 57.3 Å². The Morgan fingerprint density at radius 1 is 1.08 bits per heavy atom. The Morgan fingerprint density at radius 2 is 1.75 bits per heavy atom. The number of nitrogens with one attached hydrogen (secondary N) is 1. The zero-order valence-corrected chi connectivity index (χ0v) is 14.7. The van der Waals surface area contributed by atoms with Crippen LogP contribution in [0.2, 0.25) is 0 Å². The Labute approximate surface area is 144 Å². The number of piperazine rings is 1. The number of carbonyl (C=O) groups is 2. The first-order valence-electron chi connectivity index (χ1n) is 8.70. The molecule has 0 saturated carbocycles. The van der Waals surface area contributed by atoms with E-state index >= 15 is 0 Å². The molecule has 1 N–H and O–H groups in total.